The second-order valence-corrected chi connectivity index (χ2v) is 8.27. The molecule has 0 saturated carbocycles. The van der Waals surface area contributed by atoms with E-state index < -0.39 is 0 Å². The maximum atomic E-state index is 13.4. The van der Waals surface area contributed by atoms with Gasteiger partial charge in [-0.2, -0.15) is 0 Å². The Morgan fingerprint density at radius 3 is 2.53 bits per heavy atom. The molecule has 1 aliphatic carbocycles. The van der Waals surface area contributed by atoms with Gasteiger partial charge < -0.3 is 4.52 Å². The number of fused-ring (bicyclic) bond motifs is 1. The third-order valence-corrected chi connectivity index (χ3v) is 6.00. The van der Waals surface area contributed by atoms with Crippen molar-refractivity contribution in [3.63, 3.8) is 0 Å². The first kappa shape index (κ1) is 21.5. The molecule has 2 heterocycles. The molecule has 2 aromatic heterocycles. The van der Waals surface area contributed by atoms with Crippen molar-refractivity contribution in [2.24, 2.45) is 0 Å². The third-order valence-electron chi connectivity index (χ3n) is 6.00. The second-order valence-electron chi connectivity index (χ2n) is 8.27. The summed E-state index contributed by atoms with van der Waals surface area (Å²) < 4.78 is 5.37. The van der Waals surface area contributed by atoms with Crippen molar-refractivity contribution < 1.29 is 14.1 Å². The van der Waals surface area contributed by atoms with Crippen LogP contribution >= 0.6 is 0 Å². The Morgan fingerprint density at radius 2 is 1.82 bits per heavy atom. The molecular weight excluding hydrogens is 424 g/mol. The van der Waals surface area contributed by atoms with Crippen LogP contribution in [0.15, 0.2) is 89.2 Å². The summed E-state index contributed by atoms with van der Waals surface area (Å²) in [7, 11) is 0. The predicted octanol–water partition coefficient (Wildman–Crippen LogP) is 5.56. The predicted molar refractivity (Wildman–Crippen MR) is 131 cm³/mol. The zero-order chi connectivity index (χ0) is 23.7. The molecule has 0 radical (unpaired) electrons. The summed E-state index contributed by atoms with van der Waals surface area (Å²) in [4.78, 5) is 30.9. The topological polar surface area (TPSA) is 73.1 Å². The molecule has 0 bridgehead atoms. The highest BCUT2D eigenvalue weighted by Gasteiger charge is 2.30. The molecular formula is C29H22N2O3. The first-order valence-corrected chi connectivity index (χ1v) is 11.0. The van der Waals surface area contributed by atoms with Crippen LogP contribution in [0.25, 0.3) is 22.8 Å². The van der Waals surface area contributed by atoms with Gasteiger partial charge in [0, 0.05) is 35.5 Å². The van der Waals surface area contributed by atoms with Gasteiger partial charge in [0.1, 0.15) is 5.76 Å². The Labute approximate surface area is 197 Å². The Hall–Kier alpha value is -4.38. The molecule has 5 rings (SSSR count). The lowest BCUT2D eigenvalue weighted by Gasteiger charge is -2.22. The van der Waals surface area contributed by atoms with Crippen LogP contribution in [0.2, 0.25) is 0 Å². The number of aromatic nitrogens is 2. The normalized spacial score (nSPS) is 13.4. The quantitative estimate of drug-likeness (QED) is 0.296. The summed E-state index contributed by atoms with van der Waals surface area (Å²) in [6.07, 6.45) is 6.74. The standard InChI is InChI=1S/C29H22N2O3/c1-18-27(19(2)34-31-18)22-12-11-21-16-26(33)29(25(32)13-10-20-7-4-3-5-8-20)28(24(21)15-22)23-9-6-14-30-17-23/h3-15,17H,16H2,1-2H3/b13-10+. The number of carbonyl (C=O) groups is 2. The number of carbonyl (C=O) groups excluding carboxylic acids is 2. The Bertz CT molecular complexity index is 1440. The zero-order valence-electron chi connectivity index (χ0n) is 18.9. The summed E-state index contributed by atoms with van der Waals surface area (Å²) in [5, 5.41) is 4.08. The first-order chi connectivity index (χ1) is 16.5. The Balaban J connectivity index is 1.70. The van der Waals surface area contributed by atoms with Gasteiger partial charge in [-0.25, -0.2) is 0 Å². The van der Waals surface area contributed by atoms with Gasteiger partial charge in [-0.3, -0.25) is 14.6 Å². The molecule has 0 spiro atoms. The SMILES string of the molecule is Cc1noc(C)c1-c1ccc2c(c1)C(c1cccnc1)=C(C(=O)/C=C/c1ccccc1)C(=O)C2. The fourth-order valence-corrected chi connectivity index (χ4v) is 4.44. The van der Waals surface area contributed by atoms with Crippen LogP contribution < -0.4 is 0 Å². The Morgan fingerprint density at radius 1 is 1.00 bits per heavy atom. The number of rotatable bonds is 5. The van der Waals surface area contributed by atoms with E-state index in [-0.39, 0.29) is 23.6 Å². The number of pyridine rings is 1. The summed E-state index contributed by atoms with van der Waals surface area (Å²) in [6, 6.07) is 19.2. The molecule has 5 nitrogen and oxygen atoms in total. The lowest BCUT2D eigenvalue weighted by atomic mass is 9.79. The molecule has 5 heteroatoms. The minimum absolute atomic E-state index is 0.168. The summed E-state index contributed by atoms with van der Waals surface area (Å²) >= 11 is 0. The van der Waals surface area contributed by atoms with E-state index in [0.29, 0.717) is 5.57 Å². The number of hydrogen-bond acceptors (Lipinski definition) is 5. The fraction of sp³-hybridized carbons (Fsp3) is 0.103. The third kappa shape index (κ3) is 3.92. The number of Topliss-reactive ketones (excluding diaryl/α,β-unsaturated/α-hetero) is 1. The van der Waals surface area contributed by atoms with E-state index in [9.17, 15) is 9.59 Å². The number of nitrogens with zero attached hydrogens (tertiary/aromatic N) is 2. The monoisotopic (exact) mass is 446 g/mol. The van der Waals surface area contributed by atoms with E-state index in [0.717, 1.165) is 44.8 Å². The maximum Gasteiger partial charge on any atom is 0.190 e. The van der Waals surface area contributed by atoms with Crippen LogP contribution in [-0.2, 0) is 16.0 Å². The van der Waals surface area contributed by atoms with Crippen molar-refractivity contribution in [1.29, 1.82) is 0 Å². The van der Waals surface area contributed by atoms with Gasteiger partial charge in [0.2, 0.25) is 0 Å². The molecule has 4 aromatic rings. The van der Waals surface area contributed by atoms with Gasteiger partial charge in [0.05, 0.1) is 11.3 Å². The van der Waals surface area contributed by atoms with Crippen LogP contribution in [0.5, 0.6) is 0 Å². The van der Waals surface area contributed by atoms with Crippen LogP contribution in [0.4, 0.5) is 0 Å². The van der Waals surface area contributed by atoms with Crippen molar-refractivity contribution >= 4 is 23.2 Å². The van der Waals surface area contributed by atoms with E-state index in [1.807, 2.05) is 68.4 Å². The summed E-state index contributed by atoms with van der Waals surface area (Å²) in [5.74, 6) is 0.207. The second kappa shape index (κ2) is 8.87. The maximum absolute atomic E-state index is 13.4. The van der Waals surface area contributed by atoms with E-state index in [1.165, 1.54) is 6.08 Å². The number of aryl methyl sites for hydroxylation is 2. The summed E-state index contributed by atoms with van der Waals surface area (Å²) in [5.41, 5.74) is 6.77. The van der Waals surface area contributed by atoms with Gasteiger partial charge in [-0.1, -0.05) is 59.8 Å². The molecule has 0 amide bonds. The average Bonchev–Trinajstić information content (AvgIpc) is 3.20. The first-order valence-electron chi connectivity index (χ1n) is 11.0. The van der Waals surface area contributed by atoms with Gasteiger partial charge >= 0.3 is 0 Å². The molecule has 0 saturated heterocycles. The van der Waals surface area contributed by atoms with Gasteiger partial charge in [0.15, 0.2) is 11.6 Å². The molecule has 2 aromatic carbocycles. The van der Waals surface area contributed by atoms with Gasteiger partial charge in [0.25, 0.3) is 0 Å². The van der Waals surface area contributed by atoms with Crippen LogP contribution in [0, 0.1) is 13.8 Å². The summed E-state index contributed by atoms with van der Waals surface area (Å²) in [6.45, 7) is 3.77. The van der Waals surface area contributed by atoms with E-state index >= 15 is 0 Å². The lowest BCUT2D eigenvalue weighted by Crippen LogP contribution is -2.21. The highest BCUT2D eigenvalue weighted by atomic mass is 16.5. The fourth-order valence-electron chi connectivity index (χ4n) is 4.44. The molecule has 34 heavy (non-hydrogen) atoms. The van der Waals surface area contributed by atoms with Crippen molar-refractivity contribution in [3.05, 3.63) is 118 Å². The largest absolute Gasteiger partial charge is 0.361 e. The van der Waals surface area contributed by atoms with Crippen molar-refractivity contribution in [2.45, 2.75) is 20.3 Å². The molecule has 1 aliphatic rings. The molecule has 0 N–H and O–H groups in total. The Kier molecular flexibility index (Phi) is 5.60. The average molecular weight is 447 g/mol. The number of hydrogen-bond donors (Lipinski definition) is 0. The number of allylic oxidation sites excluding steroid dienone is 2. The molecule has 0 atom stereocenters. The highest BCUT2D eigenvalue weighted by Crippen LogP contribution is 2.38. The number of benzene rings is 2. The van der Waals surface area contributed by atoms with Crippen molar-refractivity contribution in [1.82, 2.24) is 10.1 Å². The zero-order valence-corrected chi connectivity index (χ0v) is 18.9. The van der Waals surface area contributed by atoms with E-state index in [4.69, 9.17) is 4.52 Å². The van der Waals surface area contributed by atoms with Crippen LogP contribution in [-0.4, -0.2) is 21.7 Å². The van der Waals surface area contributed by atoms with Gasteiger partial charge in [-0.15, -0.1) is 0 Å². The highest BCUT2D eigenvalue weighted by molar-refractivity contribution is 6.32. The van der Waals surface area contributed by atoms with Crippen molar-refractivity contribution in [2.75, 3.05) is 0 Å². The smallest absolute Gasteiger partial charge is 0.190 e. The van der Waals surface area contributed by atoms with E-state index in [1.54, 1.807) is 24.5 Å². The van der Waals surface area contributed by atoms with Gasteiger partial charge in [-0.05, 0) is 54.3 Å². The van der Waals surface area contributed by atoms with Crippen molar-refractivity contribution in [3.8, 4) is 11.1 Å². The molecule has 0 fully saturated rings. The number of ketones is 2. The minimum atomic E-state index is -0.318. The lowest BCUT2D eigenvalue weighted by molar-refractivity contribution is -0.119. The molecule has 166 valence electrons. The van der Waals surface area contributed by atoms with Crippen LogP contribution in [0.3, 0.4) is 0 Å². The van der Waals surface area contributed by atoms with E-state index in [2.05, 4.69) is 10.1 Å². The van der Waals surface area contributed by atoms with Crippen LogP contribution in [0.1, 0.15) is 33.7 Å². The molecule has 0 aliphatic heterocycles. The minimum Gasteiger partial charge on any atom is -0.361 e. The molecule has 0 unspecified atom stereocenters.